The fourth-order valence-corrected chi connectivity index (χ4v) is 1.97. The van der Waals surface area contributed by atoms with Crippen LogP contribution in [0.5, 0.6) is 0 Å². The van der Waals surface area contributed by atoms with Gasteiger partial charge in [-0.2, -0.15) is 10.2 Å². The van der Waals surface area contributed by atoms with Crippen molar-refractivity contribution in [3.8, 4) is 5.82 Å². The van der Waals surface area contributed by atoms with Crippen LogP contribution in [-0.4, -0.2) is 35.4 Å². The summed E-state index contributed by atoms with van der Waals surface area (Å²) < 4.78 is 3.18. The standard InChI is InChI=1S/C14H15N7O/c1-11(21-10-15-9-19-21)14(22)17-8-12-3-5-16-13(7-12)20-6-2-4-18-20/h2-7,9-11H,8H2,1H3,(H,17,22)/t11-/m1/s1. The molecule has 0 radical (unpaired) electrons. The minimum absolute atomic E-state index is 0.122. The molecule has 112 valence electrons. The maximum Gasteiger partial charge on any atom is 0.244 e. The van der Waals surface area contributed by atoms with E-state index in [0.29, 0.717) is 12.4 Å². The molecule has 3 aromatic rings. The monoisotopic (exact) mass is 297 g/mol. The molecule has 0 aliphatic carbocycles. The zero-order valence-electron chi connectivity index (χ0n) is 12.0. The van der Waals surface area contributed by atoms with Crippen molar-refractivity contribution in [2.24, 2.45) is 0 Å². The normalized spacial score (nSPS) is 12.0. The molecule has 0 spiro atoms. The Hall–Kier alpha value is -3.03. The van der Waals surface area contributed by atoms with E-state index in [2.05, 4.69) is 25.5 Å². The molecule has 0 saturated heterocycles. The average Bonchev–Trinajstić information content (AvgIpc) is 3.24. The Bertz CT molecular complexity index is 736. The summed E-state index contributed by atoms with van der Waals surface area (Å²) in [5.41, 5.74) is 0.944. The summed E-state index contributed by atoms with van der Waals surface area (Å²) in [6, 6.07) is 5.16. The first-order valence-electron chi connectivity index (χ1n) is 6.81. The first-order valence-corrected chi connectivity index (χ1v) is 6.81. The first kappa shape index (κ1) is 13.9. The molecule has 3 aromatic heterocycles. The fourth-order valence-electron chi connectivity index (χ4n) is 1.97. The summed E-state index contributed by atoms with van der Waals surface area (Å²) in [5, 5.41) is 11.0. The largest absolute Gasteiger partial charge is 0.350 e. The Morgan fingerprint density at radius 2 is 2.27 bits per heavy atom. The van der Waals surface area contributed by atoms with E-state index in [1.165, 1.54) is 17.3 Å². The van der Waals surface area contributed by atoms with Crippen LogP contribution in [0.3, 0.4) is 0 Å². The van der Waals surface area contributed by atoms with E-state index in [0.717, 1.165) is 5.56 Å². The van der Waals surface area contributed by atoms with Crippen molar-refractivity contribution in [3.05, 3.63) is 55.0 Å². The molecular formula is C14H15N7O. The third-order valence-electron chi connectivity index (χ3n) is 3.23. The molecule has 8 nitrogen and oxygen atoms in total. The highest BCUT2D eigenvalue weighted by Crippen LogP contribution is 2.07. The molecule has 0 aliphatic heterocycles. The number of amides is 1. The fraction of sp³-hybridized carbons (Fsp3) is 0.214. The first-order chi connectivity index (χ1) is 10.7. The topological polar surface area (TPSA) is 90.5 Å². The molecule has 0 saturated carbocycles. The molecule has 0 fully saturated rings. The quantitative estimate of drug-likeness (QED) is 0.750. The van der Waals surface area contributed by atoms with Gasteiger partial charge in [0.15, 0.2) is 5.82 Å². The van der Waals surface area contributed by atoms with Gasteiger partial charge in [-0.1, -0.05) is 0 Å². The van der Waals surface area contributed by atoms with Crippen molar-refractivity contribution in [3.63, 3.8) is 0 Å². The lowest BCUT2D eigenvalue weighted by Gasteiger charge is -2.12. The molecule has 0 aromatic carbocycles. The van der Waals surface area contributed by atoms with Gasteiger partial charge < -0.3 is 5.32 Å². The Balaban J connectivity index is 1.64. The van der Waals surface area contributed by atoms with Gasteiger partial charge >= 0.3 is 0 Å². The second-order valence-corrected chi connectivity index (χ2v) is 4.74. The highest BCUT2D eigenvalue weighted by atomic mass is 16.2. The maximum atomic E-state index is 12.1. The lowest BCUT2D eigenvalue weighted by Crippen LogP contribution is -2.30. The summed E-state index contributed by atoms with van der Waals surface area (Å²) in [6.45, 7) is 2.18. The number of nitrogens with one attached hydrogen (secondary N) is 1. The lowest BCUT2D eigenvalue weighted by molar-refractivity contribution is -0.124. The number of hydrogen-bond acceptors (Lipinski definition) is 5. The highest BCUT2D eigenvalue weighted by Gasteiger charge is 2.14. The highest BCUT2D eigenvalue weighted by molar-refractivity contribution is 5.79. The van der Waals surface area contributed by atoms with E-state index in [-0.39, 0.29) is 5.91 Å². The zero-order chi connectivity index (χ0) is 15.4. The van der Waals surface area contributed by atoms with Crippen LogP contribution in [-0.2, 0) is 11.3 Å². The number of hydrogen-bond donors (Lipinski definition) is 1. The van der Waals surface area contributed by atoms with Gasteiger partial charge in [0.05, 0.1) is 0 Å². The predicted molar refractivity (Wildman–Crippen MR) is 77.9 cm³/mol. The second kappa shape index (κ2) is 6.17. The van der Waals surface area contributed by atoms with E-state index in [1.54, 1.807) is 24.0 Å². The number of carbonyl (C=O) groups excluding carboxylic acids is 1. The number of pyridine rings is 1. The van der Waals surface area contributed by atoms with Gasteiger partial charge in [-0.25, -0.2) is 19.3 Å². The smallest absolute Gasteiger partial charge is 0.244 e. The van der Waals surface area contributed by atoms with E-state index >= 15 is 0 Å². The van der Waals surface area contributed by atoms with Crippen molar-refractivity contribution in [2.75, 3.05) is 0 Å². The third kappa shape index (κ3) is 3.00. The van der Waals surface area contributed by atoms with Crippen LogP contribution in [0.15, 0.2) is 49.4 Å². The summed E-state index contributed by atoms with van der Waals surface area (Å²) in [6.07, 6.45) is 8.13. The van der Waals surface area contributed by atoms with Gasteiger partial charge in [0.1, 0.15) is 18.7 Å². The minimum Gasteiger partial charge on any atom is -0.350 e. The Morgan fingerprint density at radius 3 is 3.00 bits per heavy atom. The molecule has 3 rings (SSSR count). The summed E-state index contributed by atoms with van der Waals surface area (Å²) >= 11 is 0. The number of aromatic nitrogens is 6. The summed E-state index contributed by atoms with van der Waals surface area (Å²) in [5.74, 6) is 0.587. The van der Waals surface area contributed by atoms with Gasteiger partial charge in [0.25, 0.3) is 0 Å². The van der Waals surface area contributed by atoms with Crippen LogP contribution >= 0.6 is 0 Å². The number of nitrogens with zero attached hydrogens (tertiary/aromatic N) is 6. The average molecular weight is 297 g/mol. The number of carbonyl (C=O) groups is 1. The molecular weight excluding hydrogens is 282 g/mol. The van der Waals surface area contributed by atoms with Crippen molar-refractivity contribution in [1.29, 1.82) is 0 Å². The van der Waals surface area contributed by atoms with Crippen molar-refractivity contribution < 1.29 is 4.79 Å². The molecule has 3 heterocycles. The van der Waals surface area contributed by atoms with Gasteiger partial charge in [-0.3, -0.25) is 4.79 Å². The van der Waals surface area contributed by atoms with Gasteiger partial charge in [-0.05, 0) is 30.7 Å². The molecule has 1 amide bonds. The third-order valence-corrected chi connectivity index (χ3v) is 3.23. The SMILES string of the molecule is C[C@H](C(=O)NCc1ccnc(-n2cccn2)c1)n1cncn1. The molecule has 1 atom stereocenters. The Labute approximate surface area is 126 Å². The van der Waals surface area contributed by atoms with E-state index in [1.807, 2.05) is 24.4 Å². The van der Waals surface area contributed by atoms with Crippen LogP contribution in [0.25, 0.3) is 5.82 Å². The van der Waals surface area contributed by atoms with E-state index in [9.17, 15) is 4.79 Å². The van der Waals surface area contributed by atoms with Crippen LogP contribution in [0.1, 0.15) is 18.5 Å². The van der Waals surface area contributed by atoms with Gasteiger partial charge in [-0.15, -0.1) is 0 Å². The zero-order valence-corrected chi connectivity index (χ0v) is 12.0. The van der Waals surface area contributed by atoms with Gasteiger partial charge in [0, 0.05) is 25.1 Å². The molecule has 0 bridgehead atoms. The van der Waals surface area contributed by atoms with Crippen LogP contribution in [0.4, 0.5) is 0 Å². The van der Waals surface area contributed by atoms with Crippen molar-refractivity contribution in [1.82, 2.24) is 34.8 Å². The second-order valence-electron chi connectivity index (χ2n) is 4.74. The van der Waals surface area contributed by atoms with E-state index in [4.69, 9.17) is 0 Å². The Morgan fingerprint density at radius 1 is 1.36 bits per heavy atom. The number of rotatable bonds is 5. The predicted octanol–water partition coefficient (Wildman–Crippen LogP) is 0.736. The molecule has 0 unspecified atom stereocenters. The maximum absolute atomic E-state index is 12.1. The molecule has 22 heavy (non-hydrogen) atoms. The van der Waals surface area contributed by atoms with Gasteiger partial charge in [0.2, 0.25) is 5.91 Å². The lowest BCUT2D eigenvalue weighted by atomic mass is 10.2. The van der Waals surface area contributed by atoms with E-state index < -0.39 is 6.04 Å². The molecule has 8 heteroatoms. The summed E-state index contributed by atoms with van der Waals surface area (Å²) in [4.78, 5) is 20.2. The van der Waals surface area contributed by atoms with Crippen molar-refractivity contribution >= 4 is 5.91 Å². The van der Waals surface area contributed by atoms with Crippen LogP contribution < -0.4 is 5.32 Å². The summed E-state index contributed by atoms with van der Waals surface area (Å²) in [7, 11) is 0. The minimum atomic E-state index is -0.407. The van der Waals surface area contributed by atoms with Crippen LogP contribution in [0, 0.1) is 0 Å². The molecule has 0 aliphatic rings. The molecule has 1 N–H and O–H groups in total. The van der Waals surface area contributed by atoms with Crippen LogP contribution in [0.2, 0.25) is 0 Å². The van der Waals surface area contributed by atoms with Crippen molar-refractivity contribution in [2.45, 2.75) is 19.5 Å². The Kier molecular flexibility index (Phi) is 3.90.